The SMILES string of the molecule is CCCCCCCCCCCCNC(=O)C(C#N)C/C=C1\OCC(C)(C)N1CC. The Morgan fingerprint density at radius 1 is 1.14 bits per heavy atom. The highest BCUT2D eigenvalue weighted by molar-refractivity contribution is 5.81. The summed E-state index contributed by atoms with van der Waals surface area (Å²) in [4.78, 5) is 14.5. The third-order valence-corrected chi connectivity index (χ3v) is 5.72. The summed E-state index contributed by atoms with van der Waals surface area (Å²) < 4.78 is 5.76. The molecule has 1 aliphatic heterocycles. The number of unbranched alkanes of at least 4 members (excludes halogenated alkanes) is 9. The van der Waals surface area contributed by atoms with Crippen molar-refractivity contribution in [1.82, 2.24) is 10.2 Å². The third kappa shape index (κ3) is 9.56. The molecular formula is C24H43N3O2. The summed E-state index contributed by atoms with van der Waals surface area (Å²) >= 11 is 0. The fourth-order valence-electron chi connectivity index (χ4n) is 3.84. The molecule has 1 amide bonds. The van der Waals surface area contributed by atoms with Crippen LogP contribution in [0.3, 0.4) is 0 Å². The van der Waals surface area contributed by atoms with E-state index in [1.54, 1.807) is 0 Å². The van der Waals surface area contributed by atoms with E-state index in [9.17, 15) is 10.1 Å². The molecule has 1 saturated heterocycles. The molecule has 0 aromatic carbocycles. The summed E-state index contributed by atoms with van der Waals surface area (Å²) in [5, 5.41) is 12.3. The molecule has 0 aromatic heterocycles. The molecule has 1 heterocycles. The molecule has 5 nitrogen and oxygen atoms in total. The maximum atomic E-state index is 12.3. The number of hydrogen-bond donors (Lipinski definition) is 1. The van der Waals surface area contributed by atoms with Gasteiger partial charge in [-0.1, -0.05) is 64.7 Å². The van der Waals surface area contributed by atoms with E-state index in [4.69, 9.17) is 4.74 Å². The van der Waals surface area contributed by atoms with Crippen molar-refractivity contribution in [2.45, 2.75) is 104 Å². The van der Waals surface area contributed by atoms with Crippen molar-refractivity contribution in [1.29, 1.82) is 5.26 Å². The smallest absolute Gasteiger partial charge is 0.237 e. The van der Waals surface area contributed by atoms with E-state index in [-0.39, 0.29) is 11.4 Å². The minimum atomic E-state index is -0.656. The summed E-state index contributed by atoms with van der Waals surface area (Å²) in [5.41, 5.74) is -0.0412. The van der Waals surface area contributed by atoms with Gasteiger partial charge in [0.15, 0.2) is 5.88 Å². The van der Waals surface area contributed by atoms with Crippen LogP contribution < -0.4 is 5.32 Å². The van der Waals surface area contributed by atoms with Crippen LogP contribution in [-0.2, 0) is 9.53 Å². The first-order valence-corrected chi connectivity index (χ1v) is 11.7. The Balaban J connectivity index is 2.18. The van der Waals surface area contributed by atoms with Gasteiger partial charge in [-0.3, -0.25) is 4.79 Å². The molecule has 5 heteroatoms. The number of likely N-dealkylation sites (N-methyl/N-ethyl adjacent to an activating group) is 1. The van der Waals surface area contributed by atoms with Crippen LogP contribution in [0.25, 0.3) is 0 Å². The second-order valence-corrected chi connectivity index (χ2v) is 8.78. The van der Waals surface area contributed by atoms with Gasteiger partial charge in [-0.2, -0.15) is 5.26 Å². The number of nitriles is 1. The summed E-state index contributed by atoms with van der Waals surface area (Å²) in [5.74, 6) is -0.0301. The number of ether oxygens (including phenoxy) is 1. The molecule has 0 aliphatic carbocycles. The minimum Gasteiger partial charge on any atom is -0.477 e. The summed E-state index contributed by atoms with van der Waals surface area (Å²) in [6, 6.07) is 2.14. The van der Waals surface area contributed by atoms with E-state index in [1.807, 2.05) is 6.08 Å². The molecule has 29 heavy (non-hydrogen) atoms. The molecule has 1 aliphatic rings. The molecule has 0 aromatic rings. The van der Waals surface area contributed by atoms with Crippen LogP contribution in [-0.4, -0.2) is 36.0 Å². The topological polar surface area (TPSA) is 65.4 Å². The number of hydrogen-bond acceptors (Lipinski definition) is 4. The van der Waals surface area contributed by atoms with Gasteiger partial charge in [0.2, 0.25) is 5.91 Å². The molecule has 0 saturated carbocycles. The van der Waals surface area contributed by atoms with Crippen molar-refractivity contribution in [3.8, 4) is 6.07 Å². The highest BCUT2D eigenvalue weighted by atomic mass is 16.5. The number of amides is 1. The number of carbonyl (C=O) groups excluding carboxylic acids is 1. The maximum Gasteiger partial charge on any atom is 0.237 e. The molecule has 1 fully saturated rings. The largest absolute Gasteiger partial charge is 0.477 e. The van der Waals surface area contributed by atoms with E-state index in [0.717, 1.165) is 25.3 Å². The van der Waals surface area contributed by atoms with E-state index < -0.39 is 5.92 Å². The van der Waals surface area contributed by atoms with Crippen LogP contribution in [0.2, 0.25) is 0 Å². The van der Waals surface area contributed by atoms with Crippen LogP contribution in [0, 0.1) is 17.2 Å². The van der Waals surface area contributed by atoms with Crippen molar-refractivity contribution < 1.29 is 9.53 Å². The monoisotopic (exact) mass is 405 g/mol. The van der Waals surface area contributed by atoms with E-state index >= 15 is 0 Å². The Morgan fingerprint density at radius 3 is 2.28 bits per heavy atom. The van der Waals surface area contributed by atoms with Gasteiger partial charge in [-0.25, -0.2) is 0 Å². The highest BCUT2D eigenvalue weighted by Gasteiger charge is 2.35. The highest BCUT2D eigenvalue weighted by Crippen LogP contribution is 2.29. The maximum absolute atomic E-state index is 12.3. The lowest BCUT2D eigenvalue weighted by atomic mass is 10.0. The summed E-state index contributed by atoms with van der Waals surface area (Å²) in [6.45, 7) is 10.8. The van der Waals surface area contributed by atoms with Crippen molar-refractivity contribution in [3.05, 3.63) is 12.0 Å². The predicted octanol–water partition coefficient (Wildman–Crippen LogP) is 5.53. The Bertz CT molecular complexity index is 537. The van der Waals surface area contributed by atoms with Gasteiger partial charge < -0.3 is 15.0 Å². The van der Waals surface area contributed by atoms with E-state index in [2.05, 4.69) is 44.0 Å². The Morgan fingerprint density at radius 2 is 1.72 bits per heavy atom. The zero-order chi connectivity index (χ0) is 21.5. The first-order chi connectivity index (χ1) is 14.0. The number of rotatable bonds is 15. The quantitative estimate of drug-likeness (QED) is 0.364. The van der Waals surface area contributed by atoms with Crippen molar-refractivity contribution in [2.24, 2.45) is 5.92 Å². The van der Waals surface area contributed by atoms with Gasteiger partial charge in [0.1, 0.15) is 12.5 Å². The number of nitrogens with zero attached hydrogens (tertiary/aromatic N) is 2. The molecule has 1 unspecified atom stereocenters. The van der Waals surface area contributed by atoms with Gasteiger partial charge >= 0.3 is 0 Å². The third-order valence-electron chi connectivity index (χ3n) is 5.72. The number of allylic oxidation sites excluding steroid dienone is 1. The summed E-state index contributed by atoms with van der Waals surface area (Å²) in [7, 11) is 0. The van der Waals surface area contributed by atoms with E-state index in [1.165, 1.54) is 51.4 Å². The fraction of sp³-hybridized carbons (Fsp3) is 0.833. The van der Waals surface area contributed by atoms with Gasteiger partial charge in [0, 0.05) is 13.1 Å². The van der Waals surface area contributed by atoms with Crippen molar-refractivity contribution >= 4 is 5.91 Å². The first-order valence-electron chi connectivity index (χ1n) is 11.7. The fourth-order valence-corrected chi connectivity index (χ4v) is 3.84. The van der Waals surface area contributed by atoms with Crippen molar-refractivity contribution in [2.75, 3.05) is 19.7 Å². The number of carbonyl (C=O) groups is 1. The zero-order valence-electron chi connectivity index (χ0n) is 19.3. The molecular weight excluding hydrogens is 362 g/mol. The van der Waals surface area contributed by atoms with Gasteiger partial charge in [0.25, 0.3) is 0 Å². The van der Waals surface area contributed by atoms with Crippen LogP contribution in [0.15, 0.2) is 12.0 Å². The molecule has 1 rings (SSSR count). The predicted molar refractivity (Wildman–Crippen MR) is 119 cm³/mol. The van der Waals surface area contributed by atoms with Crippen molar-refractivity contribution in [3.63, 3.8) is 0 Å². The molecule has 0 bridgehead atoms. The van der Waals surface area contributed by atoms with Gasteiger partial charge in [-0.15, -0.1) is 0 Å². The van der Waals surface area contributed by atoms with Crippen LogP contribution in [0.4, 0.5) is 0 Å². The van der Waals surface area contributed by atoms with E-state index in [0.29, 0.717) is 19.6 Å². The Hall–Kier alpha value is -1.70. The molecule has 0 spiro atoms. The second-order valence-electron chi connectivity index (χ2n) is 8.78. The average Bonchev–Trinajstić information content (AvgIpc) is 2.99. The standard InChI is InChI=1S/C24H43N3O2/c1-5-7-8-9-10-11-12-13-14-15-18-26-23(28)21(19-25)16-17-22-27(6-2)24(3,4)20-29-22/h17,21H,5-16,18,20H2,1-4H3,(H,26,28)/b22-17-. The molecule has 1 N–H and O–H groups in total. The summed E-state index contributed by atoms with van der Waals surface area (Å²) in [6.07, 6.45) is 15.0. The second kappa shape index (κ2) is 14.3. The molecule has 1 atom stereocenters. The lowest BCUT2D eigenvalue weighted by Gasteiger charge is -2.29. The molecule has 166 valence electrons. The number of nitrogens with one attached hydrogen (secondary N) is 1. The van der Waals surface area contributed by atoms with Gasteiger partial charge in [-0.05, 0) is 39.7 Å². The van der Waals surface area contributed by atoms with Gasteiger partial charge in [0.05, 0.1) is 11.6 Å². The van der Waals surface area contributed by atoms with Crippen LogP contribution >= 0.6 is 0 Å². The average molecular weight is 406 g/mol. The lowest BCUT2D eigenvalue weighted by Crippen LogP contribution is -2.39. The normalized spacial score (nSPS) is 17.8. The molecule has 0 radical (unpaired) electrons. The zero-order valence-corrected chi connectivity index (χ0v) is 19.3. The first kappa shape index (κ1) is 25.3. The van der Waals surface area contributed by atoms with Crippen LogP contribution in [0.1, 0.15) is 98.3 Å². The van der Waals surface area contributed by atoms with Crippen LogP contribution in [0.5, 0.6) is 0 Å². The minimum absolute atomic E-state index is 0.0412. The Kier molecular flexibility index (Phi) is 12.5. The Labute approximate surface area is 178 Å². The lowest BCUT2D eigenvalue weighted by molar-refractivity contribution is -0.123.